The third kappa shape index (κ3) is 4.53. The first-order chi connectivity index (χ1) is 11.8. The lowest BCUT2D eigenvalue weighted by Gasteiger charge is -2.34. The van der Waals surface area contributed by atoms with Crippen LogP contribution >= 0.6 is 0 Å². The van der Waals surface area contributed by atoms with E-state index in [0.717, 1.165) is 24.2 Å². The van der Waals surface area contributed by atoms with Crippen LogP contribution in [0.1, 0.15) is 39.2 Å². The van der Waals surface area contributed by atoms with Crippen LogP contribution in [0.4, 0.5) is 0 Å². The highest BCUT2D eigenvalue weighted by Gasteiger charge is 2.21. The molecule has 0 spiro atoms. The van der Waals surface area contributed by atoms with Gasteiger partial charge < -0.3 is 9.64 Å². The van der Waals surface area contributed by atoms with E-state index in [-0.39, 0.29) is 5.91 Å². The Morgan fingerprint density at radius 3 is 2.36 bits per heavy atom. The molecule has 1 aromatic rings. The SMILES string of the molecule is C=C(N(C)C1=C(C)C=C(C)CC1)N(Cc1ccc(OC)cc1)C(C)=O. The summed E-state index contributed by atoms with van der Waals surface area (Å²) in [5, 5.41) is 0. The number of hydrogen-bond donors (Lipinski definition) is 0. The molecule has 134 valence electrons. The van der Waals surface area contributed by atoms with Crippen LogP contribution in [0.3, 0.4) is 0 Å². The molecule has 2 rings (SSSR count). The summed E-state index contributed by atoms with van der Waals surface area (Å²) in [5.74, 6) is 1.48. The lowest BCUT2D eigenvalue weighted by molar-refractivity contribution is -0.128. The summed E-state index contributed by atoms with van der Waals surface area (Å²) in [6.45, 7) is 10.5. The van der Waals surface area contributed by atoms with Gasteiger partial charge in [0.1, 0.15) is 11.6 Å². The standard InChI is InChI=1S/C21H28N2O2/c1-15-7-12-21(16(2)13-15)22(5)17(3)23(18(4)24)14-19-8-10-20(25-6)11-9-19/h8-11,13H,3,7,12,14H2,1-2,4-6H3. The van der Waals surface area contributed by atoms with E-state index in [2.05, 4.69) is 26.5 Å². The molecule has 0 heterocycles. The molecular weight excluding hydrogens is 312 g/mol. The van der Waals surface area contributed by atoms with Crippen LogP contribution in [-0.2, 0) is 11.3 Å². The van der Waals surface area contributed by atoms with Gasteiger partial charge >= 0.3 is 0 Å². The molecule has 0 unspecified atom stereocenters. The second-order valence-electron chi connectivity index (χ2n) is 6.55. The molecule has 0 aliphatic heterocycles. The van der Waals surface area contributed by atoms with Gasteiger partial charge in [-0.2, -0.15) is 0 Å². The molecule has 0 radical (unpaired) electrons. The zero-order valence-electron chi connectivity index (χ0n) is 15.9. The quantitative estimate of drug-likeness (QED) is 0.766. The van der Waals surface area contributed by atoms with Crippen LogP contribution < -0.4 is 4.74 Å². The second-order valence-corrected chi connectivity index (χ2v) is 6.55. The van der Waals surface area contributed by atoms with E-state index >= 15 is 0 Å². The Labute approximate surface area is 151 Å². The Bertz CT molecular complexity index is 714. The molecule has 4 nitrogen and oxygen atoms in total. The summed E-state index contributed by atoms with van der Waals surface area (Å²) >= 11 is 0. The van der Waals surface area contributed by atoms with Gasteiger partial charge in [0, 0.05) is 19.7 Å². The summed E-state index contributed by atoms with van der Waals surface area (Å²) in [4.78, 5) is 16.0. The van der Waals surface area contributed by atoms with Crippen LogP contribution in [-0.4, -0.2) is 29.9 Å². The number of nitrogens with zero attached hydrogens (tertiary/aromatic N) is 2. The first-order valence-corrected chi connectivity index (χ1v) is 8.54. The van der Waals surface area contributed by atoms with Crippen LogP contribution in [0, 0.1) is 0 Å². The van der Waals surface area contributed by atoms with Gasteiger partial charge in [-0.3, -0.25) is 9.69 Å². The maximum absolute atomic E-state index is 12.2. The van der Waals surface area contributed by atoms with Gasteiger partial charge in [0.05, 0.1) is 13.7 Å². The Hall–Kier alpha value is -2.49. The van der Waals surface area contributed by atoms with Crippen molar-refractivity contribution in [3.63, 3.8) is 0 Å². The fourth-order valence-corrected chi connectivity index (χ4v) is 3.10. The summed E-state index contributed by atoms with van der Waals surface area (Å²) in [7, 11) is 3.63. The van der Waals surface area contributed by atoms with Crippen LogP contribution in [0.2, 0.25) is 0 Å². The minimum Gasteiger partial charge on any atom is -0.497 e. The van der Waals surface area contributed by atoms with Gasteiger partial charge in [-0.25, -0.2) is 0 Å². The van der Waals surface area contributed by atoms with Gasteiger partial charge in [-0.1, -0.05) is 30.4 Å². The molecule has 0 N–H and O–H groups in total. The first-order valence-electron chi connectivity index (χ1n) is 8.54. The number of ether oxygens (including phenoxy) is 1. The molecule has 1 aromatic carbocycles. The third-order valence-electron chi connectivity index (χ3n) is 4.66. The van der Waals surface area contributed by atoms with E-state index in [1.54, 1.807) is 18.9 Å². The number of methoxy groups -OCH3 is 1. The maximum Gasteiger partial charge on any atom is 0.225 e. The van der Waals surface area contributed by atoms with Crippen molar-refractivity contribution >= 4 is 5.91 Å². The summed E-state index contributed by atoms with van der Waals surface area (Å²) in [5.41, 5.74) is 4.88. The molecule has 1 aliphatic carbocycles. The van der Waals surface area contributed by atoms with Gasteiger partial charge in [0.15, 0.2) is 0 Å². The Balaban J connectivity index is 2.19. The normalized spacial score (nSPS) is 14.0. The zero-order chi connectivity index (χ0) is 18.6. The van der Waals surface area contributed by atoms with Crippen molar-refractivity contribution < 1.29 is 9.53 Å². The van der Waals surface area contributed by atoms with Crippen molar-refractivity contribution in [3.05, 3.63) is 65.1 Å². The molecule has 0 bridgehead atoms. The lowest BCUT2D eigenvalue weighted by atomic mass is 9.98. The molecule has 0 saturated carbocycles. The predicted molar refractivity (Wildman–Crippen MR) is 102 cm³/mol. The highest BCUT2D eigenvalue weighted by molar-refractivity contribution is 5.75. The van der Waals surface area contributed by atoms with E-state index in [0.29, 0.717) is 12.4 Å². The molecule has 0 aromatic heterocycles. The number of rotatable bonds is 6. The number of amides is 1. The molecule has 0 atom stereocenters. The Morgan fingerprint density at radius 2 is 1.84 bits per heavy atom. The van der Waals surface area contributed by atoms with Crippen molar-refractivity contribution in [1.82, 2.24) is 9.80 Å². The average Bonchev–Trinajstić information content (AvgIpc) is 2.58. The third-order valence-corrected chi connectivity index (χ3v) is 4.66. The van der Waals surface area contributed by atoms with Crippen molar-refractivity contribution in [1.29, 1.82) is 0 Å². The number of benzene rings is 1. The van der Waals surface area contributed by atoms with Crippen molar-refractivity contribution in [3.8, 4) is 5.75 Å². The van der Waals surface area contributed by atoms with Gasteiger partial charge in [-0.15, -0.1) is 0 Å². The summed E-state index contributed by atoms with van der Waals surface area (Å²) < 4.78 is 5.19. The molecule has 0 saturated heterocycles. The molecule has 25 heavy (non-hydrogen) atoms. The average molecular weight is 340 g/mol. The highest BCUT2D eigenvalue weighted by atomic mass is 16.5. The maximum atomic E-state index is 12.2. The van der Waals surface area contributed by atoms with E-state index in [1.165, 1.54) is 16.8 Å². The van der Waals surface area contributed by atoms with E-state index < -0.39 is 0 Å². The minimum absolute atomic E-state index is 0.0200. The monoisotopic (exact) mass is 340 g/mol. The Kier molecular flexibility index (Phi) is 6.07. The minimum atomic E-state index is -0.0200. The van der Waals surface area contributed by atoms with E-state index in [1.807, 2.05) is 36.2 Å². The number of carbonyl (C=O) groups excluding carboxylic acids is 1. The predicted octanol–water partition coefficient (Wildman–Crippen LogP) is 4.46. The largest absolute Gasteiger partial charge is 0.497 e. The summed E-state index contributed by atoms with van der Waals surface area (Å²) in [6.07, 6.45) is 4.23. The fourth-order valence-electron chi connectivity index (χ4n) is 3.10. The topological polar surface area (TPSA) is 32.8 Å². The first kappa shape index (κ1) is 18.8. The molecule has 1 amide bonds. The van der Waals surface area contributed by atoms with Crippen LogP contribution in [0.25, 0.3) is 0 Å². The fraction of sp³-hybridized carbons (Fsp3) is 0.381. The number of hydrogen-bond acceptors (Lipinski definition) is 3. The Morgan fingerprint density at radius 1 is 1.20 bits per heavy atom. The van der Waals surface area contributed by atoms with E-state index in [9.17, 15) is 4.79 Å². The van der Waals surface area contributed by atoms with Gasteiger partial charge in [-0.05, 0) is 50.0 Å². The molecular formula is C21H28N2O2. The molecule has 4 heteroatoms. The van der Waals surface area contributed by atoms with Crippen molar-refractivity contribution in [2.75, 3.05) is 14.2 Å². The van der Waals surface area contributed by atoms with Crippen LogP contribution in [0.5, 0.6) is 5.75 Å². The molecule has 1 aliphatic rings. The summed E-state index contributed by atoms with van der Waals surface area (Å²) in [6, 6.07) is 7.75. The number of carbonyl (C=O) groups is 1. The highest BCUT2D eigenvalue weighted by Crippen LogP contribution is 2.28. The lowest BCUT2D eigenvalue weighted by Crippen LogP contribution is -2.35. The second kappa shape index (κ2) is 8.06. The number of allylic oxidation sites excluding steroid dienone is 4. The van der Waals surface area contributed by atoms with Gasteiger partial charge in [0.25, 0.3) is 0 Å². The smallest absolute Gasteiger partial charge is 0.225 e. The van der Waals surface area contributed by atoms with Crippen molar-refractivity contribution in [2.45, 2.75) is 40.2 Å². The zero-order valence-corrected chi connectivity index (χ0v) is 15.9. The van der Waals surface area contributed by atoms with Crippen molar-refractivity contribution in [2.24, 2.45) is 0 Å². The van der Waals surface area contributed by atoms with Crippen LogP contribution in [0.15, 0.2) is 59.6 Å². The van der Waals surface area contributed by atoms with Gasteiger partial charge in [0.2, 0.25) is 5.91 Å². The van der Waals surface area contributed by atoms with E-state index in [4.69, 9.17) is 4.74 Å². The molecule has 0 fully saturated rings.